The first kappa shape index (κ1) is 21.1. The van der Waals surface area contributed by atoms with Gasteiger partial charge in [-0.1, -0.05) is 0 Å². The Balaban J connectivity index is 3.13. The van der Waals surface area contributed by atoms with Crippen molar-refractivity contribution in [1.82, 2.24) is 0 Å². The first-order valence-electron chi connectivity index (χ1n) is 7.40. The van der Waals surface area contributed by atoms with Gasteiger partial charge in [-0.2, -0.15) is 0 Å². The molecule has 0 fully saturated rings. The summed E-state index contributed by atoms with van der Waals surface area (Å²) in [7, 11) is 1.61. The molecule has 0 amide bonds. The van der Waals surface area contributed by atoms with E-state index in [2.05, 4.69) is 0 Å². The molecule has 0 saturated heterocycles. The number of hydrogen-bond acceptors (Lipinski definition) is 8. The number of carbonyl (C=O) groups excluding carboxylic acids is 1. The Kier molecular flexibility index (Phi) is 17.4. The van der Waals surface area contributed by atoms with Gasteiger partial charge in [0.2, 0.25) is 0 Å². The smallest absolute Gasteiger partial charge is 0.432 e. The number of carbonyl (C=O) groups is 1. The normalized spacial score (nSPS) is 10.6. The van der Waals surface area contributed by atoms with Crippen molar-refractivity contribution in [3.05, 3.63) is 0 Å². The lowest BCUT2D eigenvalue weighted by molar-refractivity contribution is -0.00875. The molecule has 8 heteroatoms. The van der Waals surface area contributed by atoms with Crippen LogP contribution in [0.25, 0.3) is 0 Å². The van der Waals surface area contributed by atoms with Crippen LogP contribution in [0.5, 0.6) is 0 Å². The highest BCUT2D eigenvalue weighted by Crippen LogP contribution is 1.88. The van der Waals surface area contributed by atoms with Crippen LogP contribution < -0.4 is 0 Å². The average molecular weight is 324 g/mol. The van der Waals surface area contributed by atoms with E-state index >= 15 is 0 Å². The summed E-state index contributed by atoms with van der Waals surface area (Å²) in [5.41, 5.74) is 0. The van der Waals surface area contributed by atoms with E-state index in [1.807, 2.05) is 6.92 Å². The molecule has 22 heavy (non-hydrogen) atoms. The zero-order valence-electron chi connectivity index (χ0n) is 13.5. The summed E-state index contributed by atoms with van der Waals surface area (Å²) in [5, 5.41) is 0. The van der Waals surface area contributed by atoms with Crippen molar-refractivity contribution in [3.63, 3.8) is 0 Å². The molecule has 0 atom stereocenters. The summed E-state index contributed by atoms with van der Waals surface area (Å²) in [5.74, 6) is 0. The monoisotopic (exact) mass is 324 g/mol. The van der Waals surface area contributed by atoms with E-state index < -0.39 is 6.16 Å². The van der Waals surface area contributed by atoms with Crippen molar-refractivity contribution in [2.45, 2.75) is 6.92 Å². The minimum Gasteiger partial charge on any atom is -0.432 e. The fourth-order valence-corrected chi connectivity index (χ4v) is 1.24. The summed E-state index contributed by atoms with van der Waals surface area (Å²) >= 11 is 0. The van der Waals surface area contributed by atoms with Gasteiger partial charge >= 0.3 is 6.16 Å². The summed E-state index contributed by atoms with van der Waals surface area (Å²) in [6.07, 6.45) is -0.728. The van der Waals surface area contributed by atoms with Crippen LogP contribution in [0.3, 0.4) is 0 Å². The Labute approximate surface area is 131 Å². The van der Waals surface area contributed by atoms with E-state index in [0.717, 1.165) is 0 Å². The zero-order valence-corrected chi connectivity index (χ0v) is 13.5. The van der Waals surface area contributed by atoms with Crippen LogP contribution in [-0.4, -0.2) is 85.9 Å². The van der Waals surface area contributed by atoms with E-state index in [1.165, 1.54) is 0 Å². The fourth-order valence-electron chi connectivity index (χ4n) is 1.24. The maximum Gasteiger partial charge on any atom is 0.508 e. The van der Waals surface area contributed by atoms with Crippen LogP contribution in [0.1, 0.15) is 6.92 Å². The molecule has 0 bridgehead atoms. The van der Waals surface area contributed by atoms with Gasteiger partial charge in [-0.3, -0.25) is 0 Å². The molecule has 0 aromatic carbocycles. The average Bonchev–Trinajstić information content (AvgIpc) is 2.52. The molecule has 8 nitrogen and oxygen atoms in total. The van der Waals surface area contributed by atoms with Gasteiger partial charge in [0.25, 0.3) is 0 Å². The standard InChI is InChI=1S/C14H28O8/c1-3-17-6-7-19-10-12-21-14(15)22-13-11-20-9-8-18-5-4-16-2/h3-13H2,1-2H3. The third kappa shape index (κ3) is 17.1. The topological polar surface area (TPSA) is 81.7 Å². The minimum absolute atomic E-state index is 0.141. The highest BCUT2D eigenvalue weighted by Gasteiger charge is 2.03. The molecule has 0 aliphatic heterocycles. The van der Waals surface area contributed by atoms with Crippen molar-refractivity contribution in [2.75, 3.05) is 79.8 Å². The van der Waals surface area contributed by atoms with Gasteiger partial charge < -0.3 is 33.2 Å². The van der Waals surface area contributed by atoms with Gasteiger partial charge in [0, 0.05) is 13.7 Å². The van der Waals surface area contributed by atoms with Gasteiger partial charge in [0.05, 0.1) is 52.9 Å². The molecule has 0 aromatic rings. The second-order valence-electron chi connectivity index (χ2n) is 3.97. The van der Waals surface area contributed by atoms with Crippen molar-refractivity contribution >= 4 is 6.16 Å². The van der Waals surface area contributed by atoms with E-state index in [9.17, 15) is 4.79 Å². The van der Waals surface area contributed by atoms with Crippen LogP contribution >= 0.6 is 0 Å². The maximum atomic E-state index is 11.2. The van der Waals surface area contributed by atoms with Crippen LogP contribution in [0.15, 0.2) is 0 Å². The Morgan fingerprint density at radius 3 is 1.50 bits per heavy atom. The van der Waals surface area contributed by atoms with Gasteiger partial charge in [0.15, 0.2) is 0 Å². The van der Waals surface area contributed by atoms with Crippen molar-refractivity contribution in [3.8, 4) is 0 Å². The van der Waals surface area contributed by atoms with E-state index in [0.29, 0.717) is 59.5 Å². The minimum atomic E-state index is -0.728. The maximum absolute atomic E-state index is 11.2. The molecule has 0 saturated carbocycles. The molecule has 132 valence electrons. The van der Waals surface area contributed by atoms with Gasteiger partial charge in [-0.15, -0.1) is 0 Å². The van der Waals surface area contributed by atoms with Crippen molar-refractivity contribution in [1.29, 1.82) is 0 Å². The van der Waals surface area contributed by atoms with Crippen LogP contribution in [0.4, 0.5) is 4.79 Å². The summed E-state index contributed by atoms with van der Waals surface area (Å²) in [6, 6.07) is 0. The Hall–Kier alpha value is -0.930. The third-order valence-corrected chi connectivity index (χ3v) is 2.28. The van der Waals surface area contributed by atoms with Crippen LogP contribution in [0, 0.1) is 0 Å². The highest BCUT2D eigenvalue weighted by molar-refractivity contribution is 5.59. The molecule has 0 unspecified atom stereocenters. The molecule has 0 aliphatic carbocycles. The van der Waals surface area contributed by atoms with Crippen molar-refractivity contribution < 1.29 is 38.0 Å². The quantitative estimate of drug-likeness (QED) is 0.306. The summed E-state index contributed by atoms with van der Waals surface area (Å²) < 4.78 is 35.1. The summed E-state index contributed by atoms with van der Waals surface area (Å²) in [6.45, 7) is 6.51. The lowest BCUT2D eigenvalue weighted by atomic mass is 10.7. The Bertz CT molecular complexity index is 237. The second-order valence-corrected chi connectivity index (χ2v) is 3.97. The van der Waals surface area contributed by atoms with E-state index in [4.69, 9.17) is 33.2 Å². The summed E-state index contributed by atoms with van der Waals surface area (Å²) in [4.78, 5) is 11.2. The second kappa shape index (κ2) is 18.1. The molecular weight excluding hydrogens is 296 g/mol. The molecule has 0 heterocycles. The van der Waals surface area contributed by atoms with Crippen molar-refractivity contribution in [2.24, 2.45) is 0 Å². The first-order valence-corrected chi connectivity index (χ1v) is 7.40. The molecular formula is C14H28O8. The Morgan fingerprint density at radius 2 is 1.05 bits per heavy atom. The SMILES string of the molecule is CCOCCOCCOC(=O)OCCOCCOCCOC. The highest BCUT2D eigenvalue weighted by atomic mass is 16.7. The number of hydrogen-bond donors (Lipinski definition) is 0. The Morgan fingerprint density at radius 1 is 0.636 bits per heavy atom. The number of ether oxygens (including phenoxy) is 7. The fraction of sp³-hybridized carbons (Fsp3) is 0.929. The lowest BCUT2D eigenvalue weighted by Gasteiger charge is -2.08. The molecule has 0 radical (unpaired) electrons. The van der Waals surface area contributed by atoms with Crippen LogP contribution in [-0.2, 0) is 33.2 Å². The molecule has 0 rings (SSSR count). The predicted molar refractivity (Wildman–Crippen MR) is 78.1 cm³/mol. The molecule has 0 aliphatic rings. The lowest BCUT2D eigenvalue weighted by Crippen LogP contribution is -2.16. The number of methoxy groups -OCH3 is 1. The van der Waals surface area contributed by atoms with Gasteiger partial charge in [-0.25, -0.2) is 4.79 Å². The third-order valence-electron chi connectivity index (χ3n) is 2.28. The largest absolute Gasteiger partial charge is 0.508 e. The van der Waals surface area contributed by atoms with Gasteiger partial charge in [0.1, 0.15) is 13.2 Å². The molecule has 0 aromatic heterocycles. The van der Waals surface area contributed by atoms with Gasteiger partial charge in [-0.05, 0) is 6.92 Å². The predicted octanol–water partition coefficient (Wildman–Crippen LogP) is 0.872. The van der Waals surface area contributed by atoms with Crippen LogP contribution in [0.2, 0.25) is 0 Å². The molecule has 0 N–H and O–H groups in total. The van der Waals surface area contributed by atoms with E-state index in [1.54, 1.807) is 7.11 Å². The van der Waals surface area contributed by atoms with E-state index in [-0.39, 0.29) is 13.2 Å². The molecule has 0 spiro atoms. The first-order chi connectivity index (χ1) is 10.8. The zero-order chi connectivity index (χ0) is 16.3. The number of rotatable bonds is 16.